The topological polar surface area (TPSA) is 125 Å². The number of nitrogens with zero attached hydrogens (tertiary/aromatic N) is 1. The van der Waals surface area contributed by atoms with E-state index in [1.54, 1.807) is 6.92 Å². The van der Waals surface area contributed by atoms with E-state index in [1.165, 1.54) is 5.57 Å². The predicted molar refractivity (Wildman–Crippen MR) is 150 cm³/mol. The number of carboxylic acids is 1. The highest BCUT2D eigenvalue weighted by molar-refractivity contribution is 5.96. The maximum absolute atomic E-state index is 12.5. The molecule has 0 bridgehead atoms. The molecule has 7 atom stereocenters. The van der Waals surface area contributed by atoms with E-state index in [0.717, 1.165) is 56.2 Å². The summed E-state index contributed by atoms with van der Waals surface area (Å²) in [4.78, 5) is 41.9. The van der Waals surface area contributed by atoms with Gasteiger partial charge in [0.15, 0.2) is 12.4 Å². The molecule has 1 aromatic rings. The number of fused-ring (bicyclic) bond motifs is 5. The van der Waals surface area contributed by atoms with Crippen LogP contribution in [0.25, 0.3) is 0 Å². The molecule has 1 unspecified atom stereocenters. The third kappa shape index (κ3) is 4.89. The van der Waals surface area contributed by atoms with Crippen LogP contribution >= 0.6 is 0 Å². The van der Waals surface area contributed by atoms with E-state index in [2.05, 4.69) is 30.4 Å². The zero-order valence-electron chi connectivity index (χ0n) is 23.8. The molecule has 0 heterocycles. The molecule has 3 N–H and O–H groups in total. The molecule has 40 heavy (non-hydrogen) atoms. The zero-order valence-corrected chi connectivity index (χ0v) is 23.8. The van der Waals surface area contributed by atoms with Gasteiger partial charge >= 0.3 is 5.97 Å². The Kier molecular flexibility index (Phi) is 7.68. The van der Waals surface area contributed by atoms with Gasteiger partial charge in [0.1, 0.15) is 11.6 Å². The van der Waals surface area contributed by atoms with Crippen LogP contribution < -0.4 is 5.32 Å². The summed E-state index contributed by atoms with van der Waals surface area (Å²) in [6.07, 6.45) is 9.42. The van der Waals surface area contributed by atoms with Gasteiger partial charge in [0.05, 0.1) is 5.71 Å². The highest BCUT2D eigenvalue weighted by atomic mass is 16.6. The Hall–Kier alpha value is -3.00. The Morgan fingerprint density at radius 3 is 2.48 bits per heavy atom. The minimum Gasteiger partial charge on any atom is -0.480 e. The number of hydrogen-bond acceptors (Lipinski definition) is 6. The SMILES string of the molecule is CC(=O)[C@@]1(O)CC[C@H]2[C@@H]3CCC4=C/C(=N\OCC(=O)NC(Cc5ccccc5)C(=O)O)CC[C@]4(C)[C@H]3CC[C@@]21C. The van der Waals surface area contributed by atoms with Crippen LogP contribution in [0.4, 0.5) is 0 Å². The van der Waals surface area contributed by atoms with Crippen LogP contribution in [-0.2, 0) is 25.6 Å². The molecule has 5 rings (SSSR count). The van der Waals surface area contributed by atoms with Gasteiger partial charge in [-0.15, -0.1) is 0 Å². The summed E-state index contributed by atoms with van der Waals surface area (Å²) in [6, 6.07) is 8.14. The first-order valence-corrected chi connectivity index (χ1v) is 14.7. The largest absolute Gasteiger partial charge is 0.480 e. The molecule has 0 aliphatic heterocycles. The summed E-state index contributed by atoms with van der Waals surface area (Å²) in [6.45, 7) is 5.72. The lowest BCUT2D eigenvalue weighted by Gasteiger charge is -2.59. The van der Waals surface area contributed by atoms with E-state index >= 15 is 0 Å². The first-order chi connectivity index (χ1) is 19.0. The second-order valence-corrected chi connectivity index (χ2v) is 12.9. The molecule has 8 heteroatoms. The number of hydrogen-bond donors (Lipinski definition) is 3. The van der Waals surface area contributed by atoms with Gasteiger partial charge in [-0.25, -0.2) is 4.79 Å². The molecule has 0 radical (unpaired) electrons. The fraction of sp³-hybridized carbons (Fsp3) is 0.625. The minimum absolute atomic E-state index is 0.0592. The highest BCUT2D eigenvalue weighted by Gasteiger charge is 2.65. The first kappa shape index (κ1) is 28.5. The number of amides is 1. The number of allylic oxidation sites excluding steroid dienone is 2. The fourth-order valence-corrected chi connectivity index (χ4v) is 8.70. The Morgan fingerprint density at radius 1 is 1.05 bits per heavy atom. The maximum Gasteiger partial charge on any atom is 0.326 e. The average molecular weight is 551 g/mol. The smallest absolute Gasteiger partial charge is 0.326 e. The number of aliphatic carboxylic acids is 1. The van der Waals surface area contributed by atoms with Gasteiger partial charge in [0.25, 0.3) is 5.91 Å². The van der Waals surface area contributed by atoms with Crippen LogP contribution in [0.3, 0.4) is 0 Å². The highest BCUT2D eigenvalue weighted by Crippen LogP contribution is 2.67. The number of benzene rings is 1. The van der Waals surface area contributed by atoms with Crippen molar-refractivity contribution < 1.29 is 29.4 Å². The van der Waals surface area contributed by atoms with E-state index in [0.29, 0.717) is 24.2 Å². The summed E-state index contributed by atoms with van der Waals surface area (Å²) in [5.41, 5.74) is 1.54. The summed E-state index contributed by atoms with van der Waals surface area (Å²) in [5.74, 6) is -0.306. The van der Waals surface area contributed by atoms with E-state index < -0.39 is 23.5 Å². The Labute approximate surface area is 236 Å². The second kappa shape index (κ2) is 10.8. The van der Waals surface area contributed by atoms with Gasteiger partial charge in [-0.3, -0.25) is 9.59 Å². The lowest BCUT2D eigenvalue weighted by Crippen LogP contribution is -2.57. The fourth-order valence-electron chi connectivity index (χ4n) is 8.70. The van der Waals surface area contributed by atoms with Crippen molar-refractivity contribution in [2.24, 2.45) is 33.7 Å². The standard InChI is InChI=1S/C32H42N2O6/c1-20(35)32(39)16-13-26-24-10-9-22-18-23(11-14-30(22,2)25(24)12-15-31(26,32)3)34-40-19-28(36)33-27(29(37)38)17-21-7-5-4-6-8-21/h4-8,18,24-27,39H,9-17,19H2,1-3H3,(H,33,36)(H,37,38)/b34-23-/t24-,25+,26+,27?,30+,31+,32+/m1/s1. The molecule has 4 aliphatic rings. The number of carboxylic acid groups (broad SMARTS) is 1. The number of rotatable bonds is 8. The lowest BCUT2D eigenvalue weighted by molar-refractivity contribution is -0.159. The molecule has 0 aromatic heterocycles. The molecular formula is C32H42N2O6. The van der Waals surface area contributed by atoms with Gasteiger partial charge < -0.3 is 20.4 Å². The molecule has 3 saturated carbocycles. The van der Waals surface area contributed by atoms with Gasteiger partial charge in [-0.2, -0.15) is 0 Å². The molecule has 4 aliphatic carbocycles. The third-order valence-corrected chi connectivity index (χ3v) is 11.0. The van der Waals surface area contributed by atoms with Crippen molar-refractivity contribution >= 4 is 23.4 Å². The summed E-state index contributed by atoms with van der Waals surface area (Å²) < 4.78 is 0. The van der Waals surface area contributed by atoms with Crippen molar-refractivity contribution in [1.82, 2.24) is 5.32 Å². The molecule has 1 amide bonds. The van der Waals surface area contributed by atoms with Gasteiger partial charge in [0, 0.05) is 11.8 Å². The van der Waals surface area contributed by atoms with E-state index in [4.69, 9.17) is 4.84 Å². The van der Waals surface area contributed by atoms with Crippen molar-refractivity contribution in [1.29, 1.82) is 0 Å². The van der Waals surface area contributed by atoms with Crippen molar-refractivity contribution in [2.75, 3.05) is 6.61 Å². The number of nitrogens with one attached hydrogen (secondary N) is 1. The van der Waals surface area contributed by atoms with Gasteiger partial charge in [0.2, 0.25) is 0 Å². The number of carbonyl (C=O) groups excluding carboxylic acids is 2. The summed E-state index contributed by atoms with van der Waals surface area (Å²) in [5, 5.41) is 27.7. The number of oxime groups is 1. The molecule has 0 saturated heterocycles. The second-order valence-electron chi connectivity index (χ2n) is 12.9. The first-order valence-electron chi connectivity index (χ1n) is 14.7. The molecular weight excluding hydrogens is 508 g/mol. The normalized spacial score (nSPS) is 36.5. The summed E-state index contributed by atoms with van der Waals surface area (Å²) >= 11 is 0. The van der Waals surface area contributed by atoms with Crippen molar-refractivity contribution in [3.05, 3.63) is 47.5 Å². The molecule has 1 aromatic carbocycles. The van der Waals surface area contributed by atoms with Crippen molar-refractivity contribution in [2.45, 2.75) is 90.2 Å². The van der Waals surface area contributed by atoms with Crippen molar-refractivity contribution in [3.63, 3.8) is 0 Å². The molecule has 0 spiro atoms. The minimum atomic E-state index is -1.19. The van der Waals surface area contributed by atoms with E-state index in [9.17, 15) is 24.6 Å². The summed E-state index contributed by atoms with van der Waals surface area (Å²) in [7, 11) is 0. The third-order valence-electron chi connectivity index (χ3n) is 11.0. The molecule has 3 fully saturated rings. The average Bonchev–Trinajstić information content (AvgIpc) is 3.20. The van der Waals surface area contributed by atoms with Crippen LogP contribution in [0.1, 0.15) is 77.7 Å². The van der Waals surface area contributed by atoms with Crippen LogP contribution in [0.2, 0.25) is 0 Å². The predicted octanol–water partition coefficient (Wildman–Crippen LogP) is 4.45. The number of aliphatic hydroxyl groups is 1. The molecule has 8 nitrogen and oxygen atoms in total. The van der Waals surface area contributed by atoms with Crippen LogP contribution in [0, 0.1) is 28.6 Å². The zero-order chi connectivity index (χ0) is 28.7. The Morgan fingerprint density at radius 2 is 1.77 bits per heavy atom. The number of carbonyl (C=O) groups is 3. The monoisotopic (exact) mass is 550 g/mol. The van der Waals surface area contributed by atoms with Gasteiger partial charge in [-0.05, 0) is 93.1 Å². The number of ketones is 1. The quantitative estimate of drug-likeness (QED) is 0.411. The molecule has 216 valence electrons. The van der Waals surface area contributed by atoms with Crippen LogP contribution in [-0.4, -0.2) is 51.8 Å². The van der Waals surface area contributed by atoms with Crippen molar-refractivity contribution in [3.8, 4) is 0 Å². The lowest BCUT2D eigenvalue weighted by atomic mass is 9.46. The van der Waals surface area contributed by atoms with Crippen LogP contribution in [0.15, 0.2) is 47.1 Å². The van der Waals surface area contributed by atoms with Gasteiger partial charge in [-0.1, -0.05) is 54.9 Å². The van der Waals surface area contributed by atoms with E-state index in [-0.39, 0.29) is 29.6 Å². The maximum atomic E-state index is 12.5. The number of Topliss-reactive ketones (excluding diaryl/α,β-unsaturated/α-hetero) is 1. The Bertz CT molecular complexity index is 1230. The Balaban J connectivity index is 1.20. The van der Waals surface area contributed by atoms with E-state index in [1.807, 2.05) is 30.3 Å². The van der Waals surface area contributed by atoms with Crippen LogP contribution in [0.5, 0.6) is 0 Å².